The van der Waals surface area contributed by atoms with E-state index in [0.717, 1.165) is 11.3 Å². The van der Waals surface area contributed by atoms with Crippen LogP contribution in [0.3, 0.4) is 0 Å². The summed E-state index contributed by atoms with van der Waals surface area (Å²) in [5, 5.41) is 8.14. The molecule has 0 radical (unpaired) electrons. The molecule has 1 heterocycles. The van der Waals surface area contributed by atoms with Gasteiger partial charge in [0, 0.05) is 12.1 Å². The van der Waals surface area contributed by atoms with Crippen LogP contribution in [0.4, 0.5) is 5.69 Å². The summed E-state index contributed by atoms with van der Waals surface area (Å²) in [6.45, 7) is 2.25. The molecule has 1 aromatic rings. The maximum atomic E-state index is 11.4. The lowest BCUT2D eigenvalue weighted by atomic mass is 9.91. The van der Waals surface area contributed by atoms with Crippen molar-refractivity contribution < 1.29 is 4.79 Å². The number of rotatable bonds is 1. The molecule has 2 atom stereocenters. The summed E-state index contributed by atoms with van der Waals surface area (Å²) in [6.07, 6.45) is 0.544. The Bertz CT molecular complexity index is 411. The molecular weight excluding hydrogens is 202 g/mol. The predicted molar refractivity (Wildman–Crippen MR) is 62.1 cm³/mol. The third-order valence-corrected chi connectivity index (χ3v) is 2.82. The largest absolute Gasteiger partial charge is 0.399 e. The maximum absolute atomic E-state index is 11.4. The number of anilines is 1. The molecule has 4 nitrogen and oxygen atoms in total. The number of carbonyl (C=O) groups is 1. The first-order valence-electron chi connectivity index (χ1n) is 5.40. The monoisotopic (exact) mass is 217 g/mol. The van der Waals surface area contributed by atoms with Gasteiger partial charge in [0.15, 0.2) is 5.78 Å². The molecule has 0 spiro atoms. The fourth-order valence-electron chi connectivity index (χ4n) is 1.95. The Morgan fingerprint density at radius 3 is 2.69 bits per heavy atom. The van der Waals surface area contributed by atoms with E-state index >= 15 is 0 Å². The average Bonchev–Trinajstić information content (AvgIpc) is 2.41. The first kappa shape index (κ1) is 10.8. The van der Waals surface area contributed by atoms with Gasteiger partial charge in [-0.3, -0.25) is 4.79 Å². The third kappa shape index (κ3) is 2.27. The SMILES string of the molecule is CC1CC(=O)CN=NC1c1ccc(N)cc1. The molecule has 2 unspecified atom stereocenters. The van der Waals surface area contributed by atoms with E-state index in [2.05, 4.69) is 10.2 Å². The average molecular weight is 217 g/mol. The quantitative estimate of drug-likeness (QED) is 0.734. The van der Waals surface area contributed by atoms with Gasteiger partial charge in [0.2, 0.25) is 0 Å². The molecule has 84 valence electrons. The van der Waals surface area contributed by atoms with Crippen molar-refractivity contribution in [2.45, 2.75) is 19.4 Å². The lowest BCUT2D eigenvalue weighted by molar-refractivity contribution is -0.118. The van der Waals surface area contributed by atoms with Gasteiger partial charge in [-0.2, -0.15) is 10.2 Å². The molecule has 0 fully saturated rings. The predicted octanol–water partition coefficient (Wildman–Crippen LogP) is 2.37. The Kier molecular flexibility index (Phi) is 2.99. The number of benzene rings is 1. The standard InChI is InChI=1S/C12H15N3O/c1-8-6-11(16)7-14-15-12(8)9-2-4-10(13)5-3-9/h2-5,8,12H,6-7,13H2,1H3. The van der Waals surface area contributed by atoms with Crippen LogP contribution >= 0.6 is 0 Å². The second-order valence-electron chi connectivity index (χ2n) is 4.25. The molecule has 0 aromatic heterocycles. The number of nitrogens with two attached hydrogens (primary N) is 1. The van der Waals surface area contributed by atoms with Crippen LogP contribution in [0.25, 0.3) is 0 Å². The van der Waals surface area contributed by atoms with E-state index in [9.17, 15) is 4.79 Å². The van der Waals surface area contributed by atoms with Crippen LogP contribution < -0.4 is 5.73 Å². The van der Waals surface area contributed by atoms with Crippen molar-refractivity contribution in [2.24, 2.45) is 16.1 Å². The minimum atomic E-state index is -0.0213. The first-order valence-corrected chi connectivity index (χ1v) is 5.40. The highest BCUT2D eigenvalue weighted by molar-refractivity contribution is 5.81. The van der Waals surface area contributed by atoms with Crippen molar-refractivity contribution in [1.29, 1.82) is 0 Å². The molecule has 0 bridgehead atoms. The fourth-order valence-corrected chi connectivity index (χ4v) is 1.95. The number of hydrogen-bond acceptors (Lipinski definition) is 4. The zero-order chi connectivity index (χ0) is 11.5. The van der Waals surface area contributed by atoms with Crippen LogP contribution in [0, 0.1) is 5.92 Å². The second-order valence-corrected chi connectivity index (χ2v) is 4.25. The topological polar surface area (TPSA) is 67.8 Å². The molecule has 1 aromatic carbocycles. The molecule has 2 N–H and O–H groups in total. The van der Waals surface area contributed by atoms with Gasteiger partial charge >= 0.3 is 0 Å². The molecule has 0 saturated heterocycles. The summed E-state index contributed by atoms with van der Waals surface area (Å²) >= 11 is 0. The Hall–Kier alpha value is -1.71. The number of hydrogen-bond donors (Lipinski definition) is 1. The Morgan fingerprint density at radius 1 is 1.31 bits per heavy atom. The van der Waals surface area contributed by atoms with E-state index < -0.39 is 0 Å². The molecular formula is C12H15N3O. The van der Waals surface area contributed by atoms with Gasteiger partial charge in [0.05, 0.1) is 6.04 Å². The molecule has 4 heteroatoms. The van der Waals surface area contributed by atoms with Gasteiger partial charge in [-0.25, -0.2) is 0 Å². The van der Waals surface area contributed by atoms with Crippen molar-refractivity contribution in [1.82, 2.24) is 0 Å². The molecule has 1 aliphatic rings. The molecule has 0 amide bonds. The van der Waals surface area contributed by atoms with Gasteiger partial charge in [-0.1, -0.05) is 19.1 Å². The Labute approximate surface area is 94.6 Å². The summed E-state index contributed by atoms with van der Waals surface area (Å²) in [5.41, 5.74) is 7.44. The number of Topliss-reactive ketones (excluding diaryl/α,β-unsaturated/α-hetero) is 1. The number of azo groups is 1. The van der Waals surface area contributed by atoms with E-state index in [1.165, 1.54) is 0 Å². The number of ketones is 1. The summed E-state index contributed by atoms with van der Waals surface area (Å²) in [5.74, 6) is 0.358. The highest BCUT2D eigenvalue weighted by Crippen LogP contribution is 2.31. The maximum Gasteiger partial charge on any atom is 0.156 e. The summed E-state index contributed by atoms with van der Waals surface area (Å²) in [4.78, 5) is 11.4. The highest BCUT2D eigenvalue weighted by atomic mass is 16.1. The van der Waals surface area contributed by atoms with E-state index in [1.807, 2.05) is 31.2 Å². The van der Waals surface area contributed by atoms with Gasteiger partial charge in [-0.15, -0.1) is 0 Å². The van der Waals surface area contributed by atoms with Crippen molar-refractivity contribution in [3.63, 3.8) is 0 Å². The Morgan fingerprint density at radius 2 is 2.00 bits per heavy atom. The van der Waals surface area contributed by atoms with E-state index in [0.29, 0.717) is 6.42 Å². The van der Waals surface area contributed by atoms with Crippen LogP contribution in [0.5, 0.6) is 0 Å². The van der Waals surface area contributed by atoms with E-state index in [4.69, 9.17) is 5.73 Å². The smallest absolute Gasteiger partial charge is 0.156 e. The van der Waals surface area contributed by atoms with Crippen LogP contribution in [0.1, 0.15) is 24.9 Å². The molecule has 1 aliphatic heterocycles. The van der Waals surface area contributed by atoms with Gasteiger partial charge < -0.3 is 5.73 Å². The molecule has 0 aliphatic carbocycles. The number of carbonyl (C=O) groups excluding carboxylic acids is 1. The van der Waals surface area contributed by atoms with Gasteiger partial charge in [0.25, 0.3) is 0 Å². The second kappa shape index (κ2) is 4.43. The van der Waals surface area contributed by atoms with Gasteiger partial charge in [0.1, 0.15) is 6.54 Å². The Balaban J connectivity index is 2.25. The molecule has 2 rings (SSSR count). The molecule has 0 saturated carbocycles. The minimum Gasteiger partial charge on any atom is -0.399 e. The van der Waals surface area contributed by atoms with Crippen molar-refractivity contribution in [2.75, 3.05) is 12.3 Å². The van der Waals surface area contributed by atoms with Crippen molar-refractivity contribution in [3.05, 3.63) is 29.8 Å². The van der Waals surface area contributed by atoms with Crippen molar-refractivity contribution in [3.8, 4) is 0 Å². The van der Waals surface area contributed by atoms with Crippen LogP contribution in [0.2, 0.25) is 0 Å². The molecule has 16 heavy (non-hydrogen) atoms. The van der Waals surface area contributed by atoms with Gasteiger partial charge in [-0.05, 0) is 23.6 Å². The van der Waals surface area contributed by atoms with Crippen LogP contribution in [-0.2, 0) is 4.79 Å². The highest BCUT2D eigenvalue weighted by Gasteiger charge is 2.23. The lowest BCUT2D eigenvalue weighted by Gasteiger charge is -2.16. The fraction of sp³-hybridized carbons (Fsp3) is 0.417. The van der Waals surface area contributed by atoms with E-state index in [1.54, 1.807) is 0 Å². The van der Waals surface area contributed by atoms with Crippen LogP contribution in [0.15, 0.2) is 34.5 Å². The zero-order valence-corrected chi connectivity index (χ0v) is 9.26. The lowest BCUT2D eigenvalue weighted by Crippen LogP contribution is -2.11. The number of nitrogen functional groups attached to an aromatic ring is 1. The van der Waals surface area contributed by atoms with E-state index in [-0.39, 0.29) is 24.3 Å². The van der Waals surface area contributed by atoms with Crippen LogP contribution in [-0.4, -0.2) is 12.3 Å². The summed E-state index contributed by atoms with van der Waals surface area (Å²) in [6, 6.07) is 7.58. The summed E-state index contributed by atoms with van der Waals surface area (Å²) in [7, 11) is 0. The normalized spacial score (nSPS) is 25.4. The first-order chi connectivity index (χ1) is 7.66. The summed E-state index contributed by atoms with van der Waals surface area (Å²) < 4.78 is 0. The number of nitrogens with zero attached hydrogens (tertiary/aromatic N) is 2. The third-order valence-electron chi connectivity index (χ3n) is 2.82. The zero-order valence-electron chi connectivity index (χ0n) is 9.26. The minimum absolute atomic E-state index is 0.0213. The van der Waals surface area contributed by atoms with Crippen molar-refractivity contribution >= 4 is 11.5 Å².